The number of aryl methyl sites for hydroxylation is 1. The summed E-state index contributed by atoms with van der Waals surface area (Å²) in [6.07, 6.45) is 1.37. The fraction of sp³-hybridized carbons (Fsp3) is 0.409. The van der Waals surface area contributed by atoms with Gasteiger partial charge in [0.15, 0.2) is 17.9 Å². The third kappa shape index (κ3) is 3.97. The number of hydrogen-bond donors (Lipinski definition) is 0. The Balaban J connectivity index is 1.45. The van der Waals surface area contributed by atoms with Crippen LogP contribution >= 0.6 is 0 Å². The van der Waals surface area contributed by atoms with Crippen LogP contribution < -0.4 is 9.64 Å². The predicted molar refractivity (Wildman–Crippen MR) is 111 cm³/mol. The maximum absolute atomic E-state index is 14.4. The molecule has 1 aliphatic carbocycles. The molecule has 8 nitrogen and oxygen atoms in total. The molecule has 34 heavy (non-hydrogen) atoms. The molecule has 3 fully saturated rings. The maximum Gasteiger partial charge on any atom is 0.417 e. The quantitative estimate of drug-likeness (QED) is 0.409. The van der Waals surface area contributed by atoms with Crippen molar-refractivity contribution in [1.82, 2.24) is 25.0 Å². The van der Waals surface area contributed by atoms with Gasteiger partial charge < -0.3 is 9.64 Å². The Labute approximate surface area is 191 Å². The Bertz CT molecular complexity index is 1220. The molecule has 0 unspecified atom stereocenters. The second-order valence-corrected chi connectivity index (χ2v) is 8.54. The molecule has 0 N–H and O–H groups in total. The van der Waals surface area contributed by atoms with Gasteiger partial charge in [-0.25, -0.2) is 14.4 Å². The van der Waals surface area contributed by atoms with Gasteiger partial charge in [-0.05, 0) is 49.8 Å². The second kappa shape index (κ2) is 8.33. The summed E-state index contributed by atoms with van der Waals surface area (Å²) in [5.74, 6) is -0.463. The Morgan fingerprint density at radius 1 is 1.15 bits per heavy atom. The highest BCUT2D eigenvalue weighted by molar-refractivity contribution is 5.81. The number of pyridine rings is 2. The van der Waals surface area contributed by atoms with Gasteiger partial charge in [-0.1, -0.05) is 0 Å². The number of aromatic nitrogens is 5. The van der Waals surface area contributed by atoms with E-state index in [9.17, 15) is 22.4 Å². The van der Waals surface area contributed by atoms with Crippen LogP contribution in [0.2, 0.25) is 0 Å². The number of anilines is 1. The van der Waals surface area contributed by atoms with Crippen LogP contribution in [-0.2, 0) is 6.18 Å². The second-order valence-electron chi connectivity index (χ2n) is 8.54. The molecule has 6 rings (SSSR count). The summed E-state index contributed by atoms with van der Waals surface area (Å²) >= 11 is 0. The molecular formula is C22H20F4N6O2. The van der Waals surface area contributed by atoms with Crippen LogP contribution in [0.25, 0.3) is 5.82 Å². The summed E-state index contributed by atoms with van der Waals surface area (Å²) in [5, 5.41) is 8.15. The van der Waals surface area contributed by atoms with E-state index in [4.69, 9.17) is 4.74 Å². The number of aldehydes is 1. The standard InChI is InChI=1S/C22H20F4N6O2/c1-12-6-14(11-33)20(32-28-4-5-29-32)30-19(12)31-10-13-2-3-17(31)18(7-13)34-21-16(23)8-15(9-27-21)22(24,25)26/h4-6,8-9,11,13,17-18H,2-3,7,10H2,1H3/t13-,17+,18-/m1/s1. The first kappa shape index (κ1) is 22.2. The van der Waals surface area contributed by atoms with Crippen molar-refractivity contribution < 1.29 is 27.1 Å². The van der Waals surface area contributed by atoms with Gasteiger partial charge in [0.25, 0.3) is 5.88 Å². The van der Waals surface area contributed by atoms with Crippen LogP contribution in [0.1, 0.15) is 40.7 Å². The summed E-state index contributed by atoms with van der Waals surface area (Å²) < 4.78 is 58.8. The van der Waals surface area contributed by atoms with Gasteiger partial charge >= 0.3 is 6.18 Å². The van der Waals surface area contributed by atoms with Crippen molar-refractivity contribution in [3.05, 3.63) is 53.2 Å². The van der Waals surface area contributed by atoms with Gasteiger partial charge in [0, 0.05) is 12.7 Å². The lowest BCUT2D eigenvalue weighted by Gasteiger charge is -2.50. The van der Waals surface area contributed by atoms with E-state index < -0.39 is 29.5 Å². The van der Waals surface area contributed by atoms with Crippen LogP contribution in [0.5, 0.6) is 5.88 Å². The largest absolute Gasteiger partial charge is 0.470 e. The van der Waals surface area contributed by atoms with Crippen molar-refractivity contribution in [3.8, 4) is 11.7 Å². The first-order chi connectivity index (χ1) is 16.2. The van der Waals surface area contributed by atoms with Crippen molar-refractivity contribution in [2.45, 2.75) is 44.5 Å². The minimum absolute atomic E-state index is 0.194. The van der Waals surface area contributed by atoms with E-state index in [0.29, 0.717) is 42.9 Å². The Kier molecular flexibility index (Phi) is 5.45. The number of alkyl halides is 3. The van der Waals surface area contributed by atoms with Crippen LogP contribution in [0, 0.1) is 18.7 Å². The highest BCUT2D eigenvalue weighted by Crippen LogP contribution is 2.41. The molecule has 178 valence electrons. The van der Waals surface area contributed by atoms with E-state index in [1.807, 2.05) is 6.92 Å². The molecule has 2 aliphatic heterocycles. The molecule has 0 amide bonds. The van der Waals surface area contributed by atoms with Gasteiger partial charge in [-0.15, -0.1) is 4.80 Å². The molecule has 3 atom stereocenters. The number of halogens is 4. The monoisotopic (exact) mass is 476 g/mol. The van der Waals surface area contributed by atoms with Crippen LogP contribution in [0.3, 0.4) is 0 Å². The fourth-order valence-electron chi connectivity index (χ4n) is 4.79. The molecule has 0 radical (unpaired) electrons. The molecule has 0 aromatic carbocycles. The van der Waals surface area contributed by atoms with Gasteiger partial charge in [0.2, 0.25) is 0 Å². The van der Waals surface area contributed by atoms with E-state index in [1.165, 1.54) is 17.2 Å². The van der Waals surface area contributed by atoms with E-state index >= 15 is 0 Å². The molecule has 3 aliphatic rings. The van der Waals surface area contributed by atoms with E-state index in [1.54, 1.807) is 6.07 Å². The Hall–Kier alpha value is -3.57. The normalized spacial score (nSPS) is 22.1. The van der Waals surface area contributed by atoms with E-state index in [2.05, 4.69) is 25.1 Å². The number of rotatable bonds is 5. The fourth-order valence-corrected chi connectivity index (χ4v) is 4.79. The number of fused-ring (bicyclic) bond motifs is 3. The van der Waals surface area contributed by atoms with E-state index in [0.717, 1.165) is 18.4 Å². The van der Waals surface area contributed by atoms with Gasteiger partial charge in [-0.3, -0.25) is 4.79 Å². The lowest BCUT2D eigenvalue weighted by atomic mass is 9.77. The molecule has 12 heteroatoms. The van der Waals surface area contributed by atoms with E-state index in [-0.39, 0.29) is 17.8 Å². The third-order valence-corrected chi connectivity index (χ3v) is 6.32. The number of ether oxygens (including phenoxy) is 1. The summed E-state index contributed by atoms with van der Waals surface area (Å²) in [6, 6.07) is 1.91. The molecule has 2 saturated heterocycles. The zero-order valence-corrected chi connectivity index (χ0v) is 18.0. The SMILES string of the molecule is Cc1cc(C=O)c(-n2nccn2)nc1N1C[C@@H]2CC[C@H]1[C@H](Oc1ncc(C(F)(F)F)cc1F)C2. The number of carbonyl (C=O) groups is 1. The van der Waals surface area contributed by atoms with Crippen molar-refractivity contribution in [3.63, 3.8) is 0 Å². The minimum Gasteiger partial charge on any atom is -0.470 e. The number of piperidine rings is 2. The van der Waals surface area contributed by atoms with Crippen LogP contribution in [0.15, 0.2) is 30.7 Å². The molecule has 3 aromatic rings. The molecule has 2 bridgehead atoms. The van der Waals surface area contributed by atoms with Crippen molar-refractivity contribution in [1.29, 1.82) is 0 Å². The number of nitrogens with zero attached hydrogens (tertiary/aromatic N) is 6. The average molecular weight is 476 g/mol. The number of carbonyl (C=O) groups excluding carboxylic acids is 1. The summed E-state index contributed by atoms with van der Waals surface area (Å²) in [6.45, 7) is 2.53. The van der Waals surface area contributed by atoms with Crippen molar-refractivity contribution in [2.24, 2.45) is 5.92 Å². The first-order valence-corrected chi connectivity index (χ1v) is 10.7. The topological polar surface area (TPSA) is 86.0 Å². The summed E-state index contributed by atoms with van der Waals surface area (Å²) in [7, 11) is 0. The highest BCUT2D eigenvalue weighted by atomic mass is 19.4. The Morgan fingerprint density at radius 3 is 2.56 bits per heavy atom. The van der Waals surface area contributed by atoms with Crippen LogP contribution in [0.4, 0.5) is 23.4 Å². The van der Waals surface area contributed by atoms with Crippen LogP contribution in [-0.4, -0.2) is 49.9 Å². The van der Waals surface area contributed by atoms with Gasteiger partial charge in [0.1, 0.15) is 11.9 Å². The molecule has 5 heterocycles. The van der Waals surface area contributed by atoms with Crippen molar-refractivity contribution >= 4 is 12.1 Å². The third-order valence-electron chi connectivity index (χ3n) is 6.32. The lowest BCUT2D eigenvalue weighted by Crippen LogP contribution is -2.58. The number of hydrogen-bond acceptors (Lipinski definition) is 7. The first-order valence-electron chi connectivity index (χ1n) is 10.7. The highest BCUT2D eigenvalue weighted by Gasteiger charge is 2.44. The average Bonchev–Trinajstić information content (AvgIpc) is 3.34. The molecular weight excluding hydrogens is 456 g/mol. The zero-order chi connectivity index (χ0) is 24.0. The summed E-state index contributed by atoms with van der Waals surface area (Å²) in [4.78, 5) is 23.2. The molecule has 3 aromatic heterocycles. The smallest absolute Gasteiger partial charge is 0.417 e. The van der Waals surface area contributed by atoms with Gasteiger partial charge in [-0.2, -0.15) is 23.4 Å². The predicted octanol–water partition coefficient (Wildman–Crippen LogP) is 3.77. The minimum atomic E-state index is -4.69. The van der Waals surface area contributed by atoms with Gasteiger partial charge in [0.05, 0.1) is 29.6 Å². The molecule has 0 spiro atoms. The lowest BCUT2D eigenvalue weighted by molar-refractivity contribution is -0.138. The molecule has 1 saturated carbocycles. The zero-order valence-electron chi connectivity index (χ0n) is 18.0. The maximum atomic E-state index is 14.4. The Morgan fingerprint density at radius 2 is 1.91 bits per heavy atom. The summed E-state index contributed by atoms with van der Waals surface area (Å²) in [5.41, 5.74) is -0.0643. The van der Waals surface area contributed by atoms with Crippen molar-refractivity contribution in [2.75, 3.05) is 11.4 Å².